The van der Waals surface area contributed by atoms with Gasteiger partial charge in [-0.2, -0.15) is 0 Å². The fourth-order valence-electron chi connectivity index (χ4n) is 0.571. The van der Waals surface area contributed by atoms with Gasteiger partial charge in [0, 0.05) is 6.20 Å². The lowest BCUT2D eigenvalue weighted by Crippen LogP contribution is -1.93. The quantitative estimate of drug-likeness (QED) is 0.675. The SMILES string of the molecule is OCc1nccc(Cl)c1F. The van der Waals surface area contributed by atoms with Crippen molar-refractivity contribution < 1.29 is 9.50 Å². The highest BCUT2D eigenvalue weighted by atomic mass is 35.5. The second-order valence-electron chi connectivity index (χ2n) is 1.71. The van der Waals surface area contributed by atoms with Crippen molar-refractivity contribution in [2.45, 2.75) is 6.61 Å². The van der Waals surface area contributed by atoms with E-state index in [1.807, 2.05) is 0 Å². The zero-order valence-corrected chi connectivity index (χ0v) is 5.77. The molecule has 0 saturated heterocycles. The third kappa shape index (κ3) is 1.25. The lowest BCUT2D eigenvalue weighted by Gasteiger charge is -1.97. The monoisotopic (exact) mass is 161 g/mol. The summed E-state index contributed by atoms with van der Waals surface area (Å²) in [6, 6.07) is 1.33. The molecule has 10 heavy (non-hydrogen) atoms. The third-order valence-corrected chi connectivity index (χ3v) is 1.36. The van der Waals surface area contributed by atoms with Crippen molar-refractivity contribution in [3.8, 4) is 0 Å². The average Bonchev–Trinajstić information content (AvgIpc) is 1.95. The van der Waals surface area contributed by atoms with E-state index in [-0.39, 0.29) is 10.7 Å². The van der Waals surface area contributed by atoms with Crippen LogP contribution >= 0.6 is 11.6 Å². The standard InChI is InChI=1S/C6H5ClFNO/c7-4-1-2-9-5(3-10)6(4)8/h1-2,10H,3H2. The first-order chi connectivity index (χ1) is 4.75. The van der Waals surface area contributed by atoms with E-state index in [1.165, 1.54) is 12.3 Å². The number of pyridine rings is 1. The van der Waals surface area contributed by atoms with Gasteiger partial charge in [0.25, 0.3) is 0 Å². The molecule has 0 saturated carbocycles. The molecular formula is C6H5ClFNO. The molecule has 1 heterocycles. The number of aliphatic hydroxyl groups excluding tert-OH is 1. The second-order valence-corrected chi connectivity index (χ2v) is 2.12. The topological polar surface area (TPSA) is 33.1 Å². The Morgan fingerprint density at radius 2 is 2.40 bits per heavy atom. The van der Waals surface area contributed by atoms with Crippen LogP contribution in [-0.4, -0.2) is 10.1 Å². The van der Waals surface area contributed by atoms with Crippen LogP contribution in [0.25, 0.3) is 0 Å². The summed E-state index contributed by atoms with van der Waals surface area (Å²) >= 11 is 5.37. The molecule has 4 heteroatoms. The highest BCUT2D eigenvalue weighted by molar-refractivity contribution is 6.30. The number of halogens is 2. The number of rotatable bonds is 1. The van der Waals surface area contributed by atoms with Crippen LogP contribution in [0.2, 0.25) is 5.02 Å². The molecule has 0 unspecified atom stereocenters. The highest BCUT2D eigenvalue weighted by Gasteiger charge is 2.04. The zero-order chi connectivity index (χ0) is 7.56. The molecule has 0 aliphatic carbocycles. The van der Waals surface area contributed by atoms with E-state index in [2.05, 4.69) is 4.98 Å². The summed E-state index contributed by atoms with van der Waals surface area (Å²) in [5.41, 5.74) is -0.0208. The largest absolute Gasteiger partial charge is 0.390 e. The van der Waals surface area contributed by atoms with Crippen molar-refractivity contribution in [1.82, 2.24) is 4.98 Å². The van der Waals surface area contributed by atoms with Crippen LogP contribution in [0, 0.1) is 5.82 Å². The van der Waals surface area contributed by atoms with Crippen LogP contribution in [0.1, 0.15) is 5.69 Å². The Kier molecular flexibility index (Phi) is 2.19. The van der Waals surface area contributed by atoms with E-state index in [0.717, 1.165) is 0 Å². The summed E-state index contributed by atoms with van der Waals surface area (Å²) in [6.07, 6.45) is 1.34. The fraction of sp³-hybridized carbons (Fsp3) is 0.167. The van der Waals surface area contributed by atoms with Crippen LogP contribution < -0.4 is 0 Å². The van der Waals surface area contributed by atoms with Gasteiger partial charge in [0.1, 0.15) is 5.69 Å². The highest BCUT2D eigenvalue weighted by Crippen LogP contribution is 2.14. The molecule has 0 atom stereocenters. The first-order valence-corrected chi connectivity index (χ1v) is 3.03. The minimum absolute atomic E-state index is 0.0148. The summed E-state index contributed by atoms with van der Waals surface area (Å²) in [5.74, 6) is -0.647. The van der Waals surface area contributed by atoms with E-state index in [9.17, 15) is 4.39 Å². The molecule has 0 bridgehead atoms. The van der Waals surface area contributed by atoms with Crippen LogP contribution in [0.15, 0.2) is 12.3 Å². The van der Waals surface area contributed by atoms with Gasteiger partial charge < -0.3 is 5.11 Å². The predicted octanol–water partition coefficient (Wildman–Crippen LogP) is 1.37. The molecule has 0 fully saturated rings. The van der Waals surface area contributed by atoms with Gasteiger partial charge in [-0.05, 0) is 6.07 Å². The van der Waals surface area contributed by atoms with Crippen molar-refractivity contribution in [3.05, 3.63) is 28.8 Å². The van der Waals surface area contributed by atoms with Gasteiger partial charge in [0.2, 0.25) is 0 Å². The lowest BCUT2D eigenvalue weighted by molar-refractivity contribution is 0.270. The maximum Gasteiger partial charge on any atom is 0.165 e. The minimum atomic E-state index is -0.647. The van der Waals surface area contributed by atoms with E-state index in [0.29, 0.717) is 0 Å². The molecule has 0 spiro atoms. The maximum atomic E-state index is 12.6. The molecule has 0 aromatic carbocycles. The van der Waals surface area contributed by atoms with Crippen LogP contribution in [-0.2, 0) is 6.61 Å². The molecule has 1 N–H and O–H groups in total. The normalized spacial score (nSPS) is 9.90. The van der Waals surface area contributed by atoms with Gasteiger partial charge in [-0.25, -0.2) is 4.39 Å². The number of nitrogens with zero attached hydrogens (tertiary/aromatic N) is 1. The molecule has 0 aliphatic heterocycles. The molecular weight excluding hydrogens is 157 g/mol. The van der Waals surface area contributed by atoms with Crippen molar-refractivity contribution >= 4 is 11.6 Å². The first kappa shape index (κ1) is 7.44. The molecule has 1 aromatic heterocycles. The van der Waals surface area contributed by atoms with Gasteiger partial charge in [-0.1, -0.05) is 11.6 Å². The molecule has 0 amide bonds. The number of hydrogen-bond acceptors (Lipinski definition) is 2. The Bertz CT molecular complexity index is 241. The van der Waals surface area contributed by atoms with Crippen molar-refractivity contribution in [2.75, 3.05) is 0 Å². The summed E-state index contributed by atoms with van der Waals surface area (Å²) in [5, 5.41) is 8.47. The van der Waals surface area contributed by atoms with Crippen LogP contribution in [0.3, 0.4) is 0 Å². The molecule has 0 aliphatic rings. The number of hydrogen-bond donors (Lipinski definition) is 1. The van der Waals surface area contributed by atoms with Gasteiger partial charge in [-0.15, -0.1) is 0 Å². The summed E-state index contributed by atoms with van der Waals surface area (Å²) < 4.78 is 12.6. The minimum Gasteiger partial charge on any atom is -0.390 e. The average molecular weight is 162 g/mol. The summed E-state index contributed by atoms with van der Waals surface area (Å²) in [6.45, 7) is -0.424. The fourth-order valence-corrected chi connectivity index (χ4v) is 0.736. The second kappa shape index (κ2) is 2.94. The first-order valence-electron chi connectivity index (χ1n) is 2.65. The Morgan fingerprint density at radius 1 is 1.70 bits per heavy atom. The van der Waals surface area contributed by atoms with Gasteiger partial charge in [0.15, 0.2) is 5.82 Å². The Labute approximate surface area is 62.3 Å². The Hall–Kier alpha value is -0.670. The lowest BCUT2D eigenvalue weighted by atomic mass is 10.3. The predicted molar refractivity (Wildman–Crippen MR) is 35.1 cm³/mol. The van der Waals surface area contributed by atoms with E-state index in [1.54, 1.807) is 0 Å². The van der Waals surface area contributed by atoms with Crippen molar-refractivity contribution in [2.24, 2.45) is 0 Å². The molecule has 1 aromatic rings. The molecule has 0 radical (unpaired) electrons. The Balaban J connectivity index is 3.14. The van der Waals surface area contributed by atoms with Gasteiger partial charge in [0.05, 0.1) is 11.6 Å². The maximum absolute atomic E-state index is 12.6. The Morgan fingerprint density at radius 3 is 2.90 bits per heavy atom. The van der Waals surface area contributed by atoms with Gasteiger partial charge >= 0.3 is 0 Å². The number of aliphatic hydroxyl groups is 1. The van der Waals surface area contributed by atoms with E-state index in [4.69, 9.17) is 16.7 Å². The smallest absolute Gasteiger partial charge is 0.165 e. The van der Waals surface area contributed by atoms with Gasteiger partial charge in [-0.3, -0.25) is 4.98 Å². The summed E-state index contributed by atoms with van der Waals surface area (Å²) in [4.78, 5) is 3.55. The zero-order valence-electron chi connectivity index (χ0n) is 5.01. The summed E-state index contributed by atoms with van der Waals surface area (Å²) in [7, 11) is 0. The molecule has 2 nitrogen and oxygen atoms in total. The number of aromatic nitrogens is 1. The van der Waals surface area contributed by atoms with Crippen molar-refractivity contribution in [1.29, 1.82) is 0 Å². The van der Waals surface area contributed by atoms with Crippen LogP contribution in [0.4, 0.5) is 4.39 Å². The molecule has 54 valence electrons. The van der Waals surface area contributed by atoms with Crippen LogP contribution in [0.5, 0.6) is 0 Å². The van der Waals surface area contributed by atoms with Crippen molar-refractivity contribution in [3.63, 3.8) is 0 Å². The third-order valence-electron chi connectivity index (χ3n) is 1.06. The van der Waals surface area contributed by atoms with E-state index < -0.39 is 12.4 Å². The molecule has 1 rings (SSSR count). The van der Waals surface area contributed by atoms with E-state index >= 15 is 0 Å².